The minimum atomic E-state index is -0.516. The fourth-order valence-electron chi connectivity index (χ4n) is 1.76. The molecule has 1 aromatic rings. The number of rotatable bonds is 2. The third kappa shape index (κ3) is 3.36. The summed E-state index contributed by atoms with van der Waals surface area (Å²) in [4.78, 5) is 25.9. The zero-order chi connectivity index (χ0) is 15.6. The van der Waals surface area contributed by atoms with Crippen molar-refractivity contribution in [1.29, 1.82) is 0 Å². The first-order valence-corrected chi connectivity index (χ1v) is 6.46. The van der Waals surface area contributed by atoms with Crippen molar-refractivity contribution in [3.8, 4) is 17.2 Å². The first-order valence-electron chi connectivity index (χ1n) is 6.46. The first-order chi connectivity index (χ1) is 9.88. The van der Waals surface area contributed by atoms with Crippen molar-refractivity contribution in [1.82, 2.24) is 9.80 Å². The van der Waals surface area contributed by atoms with Crippen LogP contribution in [-0.4, -0.2) is 56.8 Å². The summed E-state index contributed by atoms with van der Waals surface area (Å²) in [5.41, 5.74) is 0.801. The number of amides is 2. The maximum Gasteiger partial charge on any atom is 0.414 e. The summed E-state index contributed by atoms with van der Waals surface area (Å²) in [5.74, 6) is 1.20. The number of carbonyl (C=O) groups is 2. The fraction of sp³-hybridized carbons (Fsp3) is 0.429. The Morgan fingerprint density at radius 1 is 1.05 bits per heavy atom. The van der Waals surface area contributed by atoms with E-state index in [0.717, 1.165) is 5.56 Å². The second-order valence-corrected chi connectivity index (χ2v) is 5.02. The second-order valence-electron chi connectivity index (χ2n) is 5.02. The minimum absolute atomic E-state index is 0.274. The van der Waals surface area contributed by atoms with Gasteiger partial charge in [0, 0.05) is 52.3 Å². The van der Waals surface area contributed by atoms with E-state index in [9.17, 15) is 9.59 Å². The maximum absolute atomic E-state index is 11.7. The summed E-state index contributed by atoms with van der Waals surface area (Å²) in [6.45, 7) is 0.507. The third-order valence-electron chi connectivity index (χ3n) is 2.88. The van der Waals surface area contributed by atoms with Crippen molar-refractivity contribution in [3.63, 3.8) is 0 Å². The van der Waals surface area contributed by atoms with Gasteiger partial charge in [-0.1, -0.05) is 0 Å². The fourth-order valence-corrected chi connectivity index (χ4v) is 1.76. The van der Waals surface area contributed by atoms with Crippen LogP contribution in [0.25, 0.3) is 0 Å². The van der Waals surface area contributed by atoms with Crippen molar-refractivity contribution in [2.75, 3.05) is 34.8 Å². The van der Waals surface area contributed by atoms with E-state index in [4.69, 9.17) is 14.2 Å². The van der Waals surface area contributed by atoms with Gasteiger partial charge in [0.15, 0.2) is 0 Å². The molecular formula is C14H18N2O5. The van der Waals surface area contributed by atoms with Crippen LogP contribution in [0.1, 0.15) is 5.56 Å². The summed E-state index contributed by atoms with van der Waals surface area (Å²) in [5, 5.41) is 0. The molecule has 1 aliphatic rings. The lowest BCUT2D eigenvalue weighted by atomic mass is 10.1. The van der Waals surface area contributed by atoms with E-state index in [2.05, 4.69) is 0 Å². The predicted octanol–water partition coefficient (Wildman–Crippen LogP) is 1.74. The highest BCUT2D eigenvalue weighted by atomic mass is 16.6. The second kappa shape index (κ2) is 5.90. The zero-order valence-electron chi connectivity index (χ0n) is 12.5. The number of fused-ring (bicyclic) bond motifs is 1. The van der Waals surface area contributed by atoms with Crippen LogP contribution in [0.5, 0.6) is 17.2 Å². The molecule has 0 saturated heterocycles. The molecule has 0 radical (unpaired) electrons. The summed E-state index contributed by atoms with van der Waals surface area (Å²) < 4.78 is 15.9. The summed E-state index contributed by atoms with van der Waals surface area (Å²) >= 11 is 0. The molecule has 1 heterocycles. The summed E-state index contributed by atoms with van der Waals surface area (Å²) in [7, 11) is 6.35. The van der Waals surface area contributed by atoms with Gasteiger partial charge in [0.25, 0.3) is 0 Å². The molecule has 0 atom stereocenters. The number of ether oxygens (including phenoxy) is 3. The highest BCUT2D eigenvalue weighted by Crippen LogP contribution is 2.38. The normalized spacial score (nSPS) is 12.2. The molecule has 0 spiro atoms. The van der Waals surface area contributed by atoms with Gasteiger partial charge in [-0.15, -0.1) is 0 Å². The quantitative estimate of drug-likeness (QED) is 0.831. The van der Waals surface area contributed by atoms with Crippen LogP contribution in [0.3, 0.4) is 0 Å². The smallest absolute Gasteiger partial charge is 0.414 e. The van der Waals surface area contributed by atoms with Crippen LogP contribution in [0, 0.1) is 0 Å². The van der Waals surface area contributed by atoms with Crippen molar-refractivity contribution in [2.45, 2.75) is 6.42 Å². The van der Waals surface area contributed by atoms with E-state index in [1.807, 2.05) is 0 Å². The maximum atomic E-state index is 11.7. The van der Waals surface area contributed by atoms with E-state index in [0.29, 0.717) is 24.5 Å². The Hall–Kier alpha value is -2.44. The molecule has 1 aliphatic heterocycles. The van der Waals surface area contributed by atoms with Gasteiger partial charge in [0.1, 0.15) is 17.2 Å². The summed E-state index contributed by atoms with van der Waals surface area (Å²) in [6.07, 6.45) is -0.370. The molecule has 0 fully saturated rings. The molecule has 21 heavy (non-hydrogen) atoms. The molecule has 7 nitrogen and oxygen atoms in total. The molecule has 2 amide bonds. The number of nitrogens with zero attached hydrogens (tertiary/aromatic N) is 2. The lowest BCUT2D eigenvalue weighted by molar-refractivity contribution is 0.169. The molecule has 0 aromatic heterocycles. The van der Waals surface area contributed by atoms with E-state index in [-0.39, 0.29) is 5.75 Å². The van der Waals surface area contributed by atoms with Crippen molar-refractivity contribution >= 4 is 12.2 Å². The average Bonchev–Trinajstić information content (AvgIpc) is 2.86. The predicted molar refractivity (Wildman–Crippen MR) is 75.1 cm³/mol. The van der Waals surface area contributed by atoms with Gasteiger partial charge in [-0.3, -0.25) is 0 Å². The Kier molecular flexibility index (Phi) is 4.21. The Morgan fingerprint density at radius 2 is 1.67 bits per heavy atom. The van der Waals surface area contributed by atoms with Crippen molar-refractivity contribution in [2.24, 2.45) is 0 Å². The van der Waals surface area contributed by atoms with Crippen LogP contribution >= 0.6 is 0 Å². The Balaban J connectivity index is 2.29. The molecule has 0 aliphatic carbocycles. The Morgan fingerprint density at radius 3 is 2.29 bits per heavy atom. The van der Waals surface area contributed by atoms with Crippen molar-refractivity contribution < 1.29 is 23.8 Å². The van der Waals surface area contributed by atoms with Crippen LogP contribution in [-0.2, 0) is 6.42 Å². The van der Waals surface area contributed by atoms with Gasteiger partial charge < -0.3 is 24.0 Å². The van der Waals surface area contributed by atoms with E-state index < -0.39 is 12.2 Å². The van der Waals surface area contributed by atoms with E-state index >= 15 is 0 Å². The molecule has 0 bridgehead atoms. The lowest BCUT2D eigenvalue weighted by Crippen LogP contribution is -2.26. The molecular weight excluding hydrogens is 276 g/mol. The average molecular weight is 294 g/mol. The molecule has 114 valence electrons. The molecule has 2 rings (SSSR count). The number of carbonyl (C=O) groups excluding carboxylic acids is 2. The van der Waals surface area contributed by atoms with Crippen LogP contribution < -0.4 is 14.2 Å². The minimum Gasteiger partial charge on any atom is -0.493 e. The van der Waals surface area contributed by atoms with Gasteiger partial charge in [-0.2, -0.15) is 0 Å². The van der Waals surface area contributed by atoms with Crippen molar-refractivity contribution in [3.05, 3.63) is 17.7 Å². The summed E-state index contributed by atoms with van der Waals surface area (Å²) in [6, 6.07) is 3.15. The van der Waals surface area contributed by atoms with Gasteiger partial charge in [0.2, 0.25) is 0 Å². The van der Waals surface area contributed by atoms with Crippen LogP contribution in [0.15, 0.2) is 12.1 Å². The van der Waals surface area contributed by atoms with Gasteiger partial charge in [-0.25, -0.2) is 9.59 Å². The van der Waals surface area contributed by atoms with Gasteiger partial charge >= 0.3 is 12.2 Å². The molecule has 7 heteroatoms. The Labute approximate surface area is 123 Å². The van der Waals surface area contributed by atoms with Crippen LogP contribution in [0.2, 0.25) is 0 Å². The van der Waals surface area contributed by atoms with Gasteiger partial charge in [0.05, 0.1) is 6.61 Å². The van der Waals surface area contributed by atoms with E-state index in [1.165, 1.54) is 15.9 Å². The number of hydrogen-bond acceptors (Lipinski definition) is 5. The van der Waals surface area contributed by atoms with E-state index in [1.54, 1.807) is 34.3 Å². The third-order valence-corrected chi connectivity index (χ3v) is 2.88. The number of benzene rings is 1. The largest absolute Gasteiger partial charge is 0.493 e. The SMILES string of the molecule is CN(C)C(=O)Oc1cc2c(c(OC(=O)N(C)C)c1)CCO2. The Bertz CT molecular complexity index is 569. The van der Waals surface area contributed by atoms with Crippen LogP contribution in [0.4, 0.5) is 9.59 Å². The molecule has 0 saturated carbocycles. The monoisotopic (exact) mass is 294 g/mol. The molecule has 0 N–H and O–H groups in total. The number of hydrogen-bond donors (Lipinski definition) is 0. The zero-order valence-corrected chi connectivity index (χ0v) is 12.5. The highest BCUT2D eigenvalue weighted by molar-refractivity contribution is 5.73. The molecule has 1 aromatic carbocycles. The molecule has 0 unspecified atom stereocenters. The topological polar surface area (TPSA) is 68.3 Å². The standard InChI is InChI=1S/C14H18N2O5/c1-15(2)13(17)20-9-7-11-10(5-6-19-11)12(8-9)21-14(18)16(3)4/h7-8H,5-6H2,1-4H3. The first kappa shape index (κ1) is 15.0. The lowest BCUT2D eigenvalue weighted by Gasteiger charge is -2.15. The van der Waals surface area contributed by atoms with Gasteiger partial charge in [-0.05, 0) is 0 Å². The highest BCUT2D eigenvalue weighted by Gasteiger charge is 2.22.